The van der Waals surface area contributed by atoms with Crippen LogP contribution in [0.15, 0.2) is 65.8 Å². The molecule has 1 aliphatic heterocycles. The molecule has 1 aliphatic rings. The van der Waals surface area contributed by atoms with E-state index in [4.69, 9.17) is 4.74 Å². The number of nitrogens with one attached hydrogen (secondary N) is 2. The molecule has 0 saturated carbocycles. The third-order valence-electron chi connectivity index (χ3n) is 4.15. The molecule has 0 fully saturated rings. The number of carbonyl (C=O) groups excluding carboxylic acids is 4. The van der Waals surface area contributed by atoms with Gasteiger partial charge in [-0.05, 0) is 17.7 Å². The van der Waals surface area contributed by atoms with Gasteiger partial charge in [-0.1, -0.05) is 48.5 Å². The lowest BCUT2D eigenvalue weighted by Gasteiger charge is -2.22. The summed E-state index contributed by atoms with van der Waals surface area (Å²) in [7, 11) is 0. The third kappa shape index (κ3) is 5.74. The van der Waals surface area contributed by atoms with E-state index in [0.29, 0.717) is 5.69 Å². The second-order valence-electron chi connectivity index (χ2n) is 6.38. The topological polar surface area (TPSA) is 117 Å². The summed E-state index contributed by atoms with van der Waals surface area (Å²) in [5.74, 6) is -1.84. The SMILES string of the molecule is O=C(COC(=O)C1=NN(c2ccccc2)C(=O)CC1)NC(=O)NCc1ccccc1. The molecule has 0 atom stereocenters. The van der Waals surface area contributed by atoms with Crippen LogP contribution in [0.4, 0.5) is 10.5 Å². The Labute approximate surface area is 172 Å². The molecular weight excluding hydrogens is 388 g/mol. The van der Waals surface area contributed by atoms with E-state index in [-0.39, 0.29) is 31.0 Å². The van der Waals surface area contributed by atoms with Crippen molar-refractivity contribution in [2.75, 3.05) is 11.6 Å². The Balaban J connectivity index is 1.48. The van der Waals surface area contributed by atoms with Gasteiger partial charge in [0.1, 0.15) is 5.71 Å². The van der Waals surface area contributed by atoms with Gasteiger partial charge in [0.15, 0.2) is 6.61 Å². The fraction of sp³-hybridized carbons (Fsp3) is 0.190. The summed E-state index contributed by atoms with van der Waals surface area (Å²) < 4.78 is 4.93. The average Bonchev–Trinajstić information content (AvgIpc) is 2.77. The average molecular weight is 408 g/mol. The van der Waals surface area contributed by atoms with Crippen LogP contribution in [-0.4, -0.2) is 36.1 Å². The summed E-state index contributed by atoms with van der Waals surface area (Å²) in [6.45, 7) is -0.393. The molecule has 9 heteroatoms. The summed E-state index contributed by atoms with van der Waals surface area (Å²) in [6, 6.07) is 17.2. The van der Waals surface area contributed by atoms with Crippen molar-refractivity contribution >= 4 is 35.2 Å². The van der Waals surface area contributed by atoms with Crippen molar-refractivity contribution in [2.45, 2.75) is 19.4 Å². The predicted octanol–water partition coefficient (Wildman–Crippen LogP) is 1.74. The normalized spacial score (nSPS) is 13.3. The first-order valence-electron chi connectivity index (χ1n) is 9.27. The number of para-hydroxylation sites is 1. The lowest BCUT2D eigenvalue weighted by Crippen LogP contribution is -2.41. The monoisotopic (exact) mass is 408 g/mol. The molecule has 0 saturated heterocycles. The maximum atomic E-state index is 12.2. The van der Waals surface area contributed by atoms with Crippen molar-refractivity contribution < 1.29 is 23.9 Å². The third-order valence-corrected chi connectivity index (χ3v) is 4.15. The standard InChI is InChI=1S/C21H20N4O5/c26-18(23-21(29)22-13-15-7-3-1-4-8-15)14-30-20(28)17-11-12-19(27)25(24-17)16-9-5-2-6-10-16/h1-10H,11-14H2,(H2,22,23,26,29). The molecule has 0 spiro atoms. The van der Waals surface area contributed by atoms with Crippen LogP contribution in [0, 0.1) is 0 Å². The summed E-state index contributed by atoms with van der Waals surface area (Å²) in [4.78, 5) is 47.9. The summed E-state index contributed by atoms with van der Waals surface area (Å²) >= 11 is 0. The zero-order valence-corrected chi connectivity index (χ0v) is 16.0. The molecule has 154 valence electrons. The van der Waals surface area contributed by atoms with E-state index in [1.165, 1.54) is 0 Å². The highest BCUT2D eigenvalue weighted by Gasteiger charge is 2.26. The number of benzene rings is 2. The van der Waals surface area contributed by atoms with Gasteiger partial charge >= 0.3 is 12.0 Å². The number of hydrogen-bond donors (Lipinski definition) is 2. The fourth-order valence-corrected chi connectivity index (χ4v) is 2.67. The number of anilines is 1. The summed E-state index contributed by atoms with van der Waals surface area (Å²) in [5.41, 5.74) is 1.43. The molecule has 3 rings (SSSR count). The number of hydrogen-bond acceptors (Lipinski definition) is 6. The Hall–Kier alpha value is -4.01. The molecule has 0 aliphatic carbocycles. The number of nitrogens with zero attached hydrogens (tertiary/aromatic N) is 2. The van der Waals surface area contributed by atoms with Crippen molar-refractivity contribution in [3.63, 3.8) is 0 Å². The zero-order valence-electron chi connectivity index (χ0n) is 16.0. The summed E-state index contributed by atoms with van der Waals surface area (Å²) in [6.07, 6.45) is 0.205. The van der Waals surface area contributed by atoms with E-state index in [1.807, 2.05) is 30.3 Å². The number of carbonyl (C=O) groups is 4. The van der Waals surface area contributed by atoms with Crippen LogP contribution < -0.4 is 15.6 Å². The molecule has 9 nitrogen and oxygen atoms in total. The van der Waals surface area contributed by atoms with Gasteiger partial charge in [0, 0.05) is 19.4 Å². The number of urea groups is 1. The van der Waals surface area contributed by atoms with Crippen LogP contribution in [0.2, 0.25) is 0 Å². The minimum Gasteiger partial charge on any atom is -0.451 e. The first-order valence-corrected chi connectivity index (χ1v) is 9.27. The number of amides is 4. The maximum Gasteiger partial charge on any atom is 0.355 e. The van der Waals surface area contributed by atoms with Gasteiger partial charge in [-0.15, -0.1) is 0 Å². The Morgan fingerprint density at radius 3 is 2.33 bits per heavy atom. The number of esters is 1. The van der Waals surface area contributed by atoms with Crippen molar-refractivity contribution in [3.05, 3.63) is 66.2 Å². The van der Waals surface area contributed by atoms with Gasteiger partial charge in [-0.3, -0.25) is 14.9 Å². The van der Waals surface area contributed by atoms with Gasteiger partial charge in [-0.25, -0.2) is 14.6 Å². The molecule has 2 aromatic rings. The molecule has 0 aromatic heterocycles. The van der Waals surface area contributed by atoms with Gasteiger partial charge in [0.25, 0.3) is 5.91 Å². The Kier molecular flexibility index (Phi) is 6.88. The second-order valence-corrected chi connectivity index (χ2v) is 6.38. The second kappa shape index (κ2) is 9.97. The Morgan fingerprint density at radius 1 is 0.967 bits per heavy atom. The molecular formula is C21H20N4O5. The van der Waals surface area contributed by atoms with Crippen molar-refractivity contribution in [2.24, 2.45) is 5.10 Å². The van der Waals surface area contributed by atoms with Gasteiger partial charge in [-0.2, -0.15) is 5.10 Å². The first-order chi connectivity index (χ1) is 14.5. The van der Waals surface area contributed by atoms with Gasteiger partial charge in [0.2, 0.25) is 5.91 Å². The van der Waals surface area contributed by atoms with Gasteiger partial charge in [0.05, 0.1) is 5.69 Å². The quantitative estimate of drug-likeness (QED) is 0.706. The predicted molar refractivity (Wildman–Crippen MR) is 108 cm³/mol. The molecule has 0 bridgehead atoms. The first kappa shape index (κ1) is 20.7. The fourth-order valence-electron chi connectivity index (χ4n) is 2.67. The molecule has 2 N–H and O–H groups in total. The van der Waals surface area contributed by atoms with Crippen LogP contribution >= 0.6 is 0 Å². The van der Waals surface area contributed by atoms with Gasteiger partial charge < -0.3 is 10.1 Å². The minimum absolute atomic E-state index is 0.0276. The molecule has 0 radical (unpaired) electrons. The van der Waals surface area contributed by atoms with Crippen LogP contribution in [0.3, 0.4) is 0 Å². The highest BCUT2D eigenvalue weighted by atomic mass is 16.5. The number of imide groups is 1. The lowest BCUT2D eigenvalue weighted by molar-refractivity contribution is -0.142. The van der Waals surface area contributed by atoms with Crippen LogP contribution in [0.1, 0.15) is 18.4 Å². The molecule has 1 heterocycles. The van der Waals surface area contributed by atoms with E-state index in [0.717, 1.165) is 10.6 Å². The molecule has 30 heavy (non-hydrogen) atoms. The highest BCUT2D eigenvalue weighted by molar-refractivity contribution is 6.38. The zero-order chi connectivity index (χ0) is 21.3. The van der Waals surface area contributed by atoms with Crippen LogP contribution in [0.5, 0.6) is 0 Å². The van der Waals surface area contributed by atoms with E-state index >= 15 is 0 Å². The minimum atomic E-state index is -0.816. The largest absolute Gasteiger partial charge is 0.451 e. The van der Waals surface area contributed by atoms with Crippen LogP contribution in [-0.2, 0) is 25.7 Å². The van der Waals surface area contributed by atoms with E-state index in [9.17, 15) is 19.2 Å². The number of hydrazone groups is 1. The summed E-state index contributed by atoms with van der Waals surface area (Å²) in [5, 5.41) is 9.80. The molecule has 4 amide bonds. The van der Waals surface area contributed by atoms with Crippen molar-refractivity contribution in [3.8, 4) is 0 Å². The van der Waals surface area contributed by atoms with Crippen molar-refractivity contribution in [1.82, 2.24) is 10.6 Å². The highest BCUT2D eigenvalue weighted by Crippen LogP contribution is 2.19. The van der Waals surface area contributed by atoms with Crippen molar-refractivity contribution in [1.29, 1.82) is 0 Å². The Morgan fingerprint density at radius 2 is 1.63 bits per heavy atom. The van der Waals surface area contributed by atoms with E-state index in [2.05, 4.69) is 15.7 Å². The molecule has 2 aromatic carbocycles. The maximum absolute atomic E-state index is 12.2. The Bertz CT molecular complexity index is 960. The molecule has 0 unspecified atom stereocenters. The lowest BCUT2D eigenvalue weighted by atomic mass is 10.1. The van der Waals surface area contributed by atoms with E-state index in [1.54, 1.807) is 30.3 Å². The smallest absolute Gasteiger partial charge is 0.355 e. The van der Waals surface area contributed by atoms with E-state index < -0.39 is 24.5 Å². The number of ether oxygens (including phenoxy) is 1. The van der Waals surface area contributed by atoms with Crippen LogP contribution in [0.25, 0.3) is 0 Å². The number of rotatable bonds is 6.